The molecule has 0 atom stereocenters. The van der Waals surface area contributed by atoms with Gasteiger partial charge in [0, 0.05) is 31.7 Å². The van der Waals surface area contributed by atoms with E-state index in [0.717, 1.165) is 0 Å². The number of nitrogens with one attached hydrogen (secondary N) is 2. The van der Waals surface area contributed by atoms with Gasteiger partial charge in [0.25, 0.3) is 0 Å². The van der Waals surface area contributed by atoms with Gasteiger partial charge in [-0.25, -0.2) is 9.59 Å². The first kappa shape index (κ1) is 15.1. The third-order valence-electron chi connectivity index (χ3n) is 3.05. The van der Waals surface area contributed by atoms with Gasteiger partial charge in [-0.3, -0.25) is 4.79 Å². The highest BCUT2D eigenvalue weighted by Gasteiger charge is 2.19. The maximum absolute atomic E-state index is 12.1. The maximum Gasteiger partial charge on any atom is 0.337 e. The SMILES string of the molecule is O=C1CCN(C(=O)Nc2ccc(C(=O)O)c(Cl)c2)CCN1. The fraction of sp³-hybridized carbons (Fsp3) is 0.308. The second kappa shape index (κ2) is 6.45. The van der Waals surface area contributed by atoms with Crippen molar-refractivity contribution in [2.75, 3.05) is 25.0 Å². The molecule has 1 aliphatic rings. The minimum Gasteiger partial charge on any atom is -0.478 e. The molecule has 3 amide bonds. The average Bonchev–Trinajstić information content (AvgIpc) is 2.63. The van der Waals surface area contributed by atoms with Crippen molar-refractivity contribution in [1.82, 2.24) is 10.2 Å². The zero-order chi connectivity index (χ0) is 15.4. The fourth-order valence-electron chi connectivity index (χ4n) is 1.94. The van der Waals surface area contributed by atoms with Crippen molar-refractivity contribution in [3.8, 4) is 0 Å². The van der Waals surface area contributed by atoms with Gasteiger partial charge in [-0.15, -0.1) is 0 Å². The Bertz CT molecular complexity index is 591. The van der Waals surface area contributed by atoms with E-state index in [1.807, 2.05) is 0 Å². The van der Waals surface area contributed by atoms with Gasteiger partial charge in [-0.1, -0.05) is 11.6 Å². The third kappa shape index (κ3) is 3.85. The number of carbonyl (C=O) groups is 3. The molecule has 3 N–H and O–H groups in total. The van der Waals surface area contributed by atoms with Crippen molar-refractivity contribution in [2.24, 2.45) is 0 Å². The lowest BCUT2D eigenvalue weighted by Crippen LogP contribution is -2.37. The molecule has 0 aromatic heterocycles. The molecule has 0 saturated carbocycles. The Hall–Kier alpha value is -2.28. The fourth-order valence-corrected chi connectivity index (χ4v) is 2.20. The van der Waals surface area contributed by atoms with Crippen molar-refractivity contribution < 1.29 is 19.5 Å². The number of amides is 3. The molecule has 8 heteroatoms. The van der Waals surface area contributed by atoms with Crippen LogP contribution in [0.25, 0.3) is 0 Å². The molecule has 0 spiro atoms. The van der Waals surface area contributed by atoms with Crippen LogP contribution in [0.5, 0.6) is 0 Å². The van der Waals surface area contributed by atoms with E-state index in [0.29, 0.717) is 25.3 Å². The van der Waals surface area contributed by atoms with Crippen LogP contribution < -0.4 is 10.6 Å². The van der Waals surface area contributed by atoms with Crippen LogP contribution in [0.3, 0.4) is 0 Å². The quantitative estimate of drug-likeness (QED) is 0.768. The highest BCUT2D eigenvalue weighted by Crippen LogP contribution is 2.21. The van der Waals surface area contributed by atoms with Gasteiger partial charge in [-0.2, -0.15) is 0 Å². The summed E-state index contributed by atoms with van der Waals surface area (Å²) in [5.74, 6) is -1.21. The van der Waals surface area contributed by atoms with E-state index in [4.69, 9.17) is 16.7 Å². The molecule has 1 aromatic rings. The summed E-state index contributed by atoms with van der Waals surface area (Å²) >= 11 is 5.84. The van der Waals surface area contributed by atoms with Crippen molar-refractivity contribution in [1.29, 1.82) is 0 Å². The lowest BCUT2D eigenvalue weighted by molar-refractivity contribution is -0.120. The Kier molecular flexibility index (Phi) is 4.64. The first-order valence-corrected chi connectivity index (χ1v) is 6.70. The van der Waals surface area contributed by atoms with Crippen LogP contribution >= 0.6 is 11.6 Å². The molecule has 1 aromatic carbocycles. The maximum atomic E-state index is 12.1. The summed E-state index contributed by atoms with van der Waals surface area (Å²) in [6, 6.07) is 3.82. The average molecular weight is 312 g/mol. The second-order valence-corrected chi connectivity index (χ2v) is 4.92. The lowest BCUT2D eigenvalue weighted by Gasteiger charge is -2.20. The minimum atomic E-state index is -1.13. The van der Waals surface area contributed by atoms with Crippen molar-refractivity contribution in [3.05, 3.63) is 28.8 Å². The van der Waals surface area contributed by atoms with Crippen LogP contribution in [0.1, 0.15) is 16.8 Å². The molecule has 1 aliphatic heterocycles. The standard InChI is InChI=1S/C13H14ClN3O4/c14-10-7-8(1-2-9(10)12(19)20)16-13(21)17-5-3-11(18)15-4-6-17/h1-2,7H,3-6H2,(H,15,18)(H,16,21)(H,19,20). The van der Waals surface area contributed by atoms with Crippen molar-refractivity contribution >= 4 is 35.2 Å². The summed E-state index contributed by atoms with van der Waals surface area (Å²) in [7, 11) is 0. The van der Waals surface area contributed by atoms with Crippen LogP contribution in [-0.4, -0.2) is 47.5 Å². The Labute approximate surface area is 125 Å². The number of rotatable bonds is 2. The molecule has 2 rings (SSSR count). The number of hydrogen-bond acceptors (Lipinski definition) is 3. The van der Waals surface area contributed by atoms with Crippen molar-refractivity contribution in [2.45, 2.75) is 6.42 Å². The molecule has 0 unspecified atom stereocenters. The molecule has 1 saturated heterocycles. The Morgan fingerprint density at radius 2 is 2.10 bits per heavy atom. The molecule has 1 fully saturated rings. The van der Waals surface area contributed by atoms with Gasteiger partial charge < -0.3 is 20.6 Å². The van der Waals surface area contributed by atoms with E-state index < -0.39 is 5.97 Å². The summed E-state index contributed by atoms with van der Waals surface area (Å²) in [5.41, 5.74) is 0.373. The Morgan fingerprint density at radius 1 is 1.33 bits per heavy atom. The number of nitrogens with zero attached hydrogens (tertiary/aromatic N) is 1. The van der Waals surface area contributed by atoms with Crippen LogP contribution in [0.2, 0.25) is 5.02 Å². The van der Waals surface area contributed by atoms with E-state index in [9.17, 15) is 14.4 Å². The number of anilines is 1. The summed E-state index contributed by atoms with van der Waals surface area (Å²) < 4.78 is 0. The number of carboxylic acids is 1. The molecule has 21 heavy (non-hydrogen) atoms. The van der Waals surface area contributed by atoms with Crippen LogP contribution in [0.4, 0.5) is 10.5 Å². The highest BCUT2D eigenvalue weighted by atomic mass is 35.5. The zero-order valence-corrected chi connectivity index (χ0v) is 11.8. The Balaban J connectivity index is 2.04. The van der Waals surface area contributed by atoms with E-state index in [1.165, 1.54) is 23.1 Å². The topological polar surface area (TPSA) is 98.7 Å². The van der Waals surface area contributed by atoms with Gasteiger partial charge in [-0.05, 0) is 18.2 Å². The first-order chi connectivity index (χ1) is 9.97. The highest BCUT2D eigenvalue weighted by molar-refractivity contribution is 6.33. The number of aromatic carboxylic acids is 1. The van der Waals surface area contributed by atoms with Gasteiger partial charge in [0.05, 0.1) is 10.6 Å². The van der Waals surface area contributed by atoms with Gasteiger partial charge in [0.15, 0.2) is 0 Å². The smallest absolute Gasteiger partial charge is 0.337 e. The molecule has 0 bridgehead atoms. The number of urea groups is 1. The molecule has 0 radical (unpaired) electrons. The minimum absolute atomic E-state index is 0.0285. The van der Waals surface area contributed by atoms with E-state index in [1.54, 1.807) is 0 Å². The second-order valence-electron chi connectivity index (χ2n) is 4.52. The molecular weight excluding hydrogens is 298 g/mol. The number of halogens is 1. The summed E-state index contributed by atoms with van der Waals surface area (Å²) in [5, 5.41) is 14.2. The van der Waals surface area contributed by atoms with E-state index in [2.05, 4.69) is 10.6 Å². The van der Waals surface area contributed by atoms with E-state index in [-0.39, 0.29) is 28.9 Å². The van der Waals surface area contributed by atoms with Crippen LogP contribution in [0.15, 0.2) is 18.2 Å². The number of carboxylic acid groups (broad SMARTS) is 1. The van der Waals surface area contributed by atoms with Crippen LogP contribution in [-0.2, 0) is 4.79 Å². The molecule has 112 valence electrons. The summed E-state index contributed by atoms with van der Waals surface area (Å²) in [4.78, 5) is 35.6. The van der Waals surface area contributed by atoms with E-state index >= 15 is 0 Å². The molecule has 0 aliphatic carbocycles. The van der Waals surface area contributed by atoms with Crippen molar-refractivity contribution in [3.63, 3.8) is 0 Å². The lowest BCUT2D eigenvalue weighted by atomic mass is 10.2. The normalized spacial score (nSPS) is 15.1. The number of carbonyl (C=O) groups excluding carboxylic acids is 2. The predicted molar refractivity (Wildman–Crippen MR) is 76.6 cm³/mol. The van der Waals surface area contributed by atoms with Gasteiger partial charge in [0.1, 0.15) is 0 Å². The summed E-state index contributed by atoms with van der Waals surface area (Å²) in [6.45, 7) is 1.15. The van der Waals surface area contributed by atoms with Gasteiger partial charge >= 0.3 is 12.0 Å². The summed E-state index contributed by atoms with van der Waals surface area (Å²) in [6.07, 6.45) is 0.256. The van der Waals surface area contributed by atoms with Gasteiger partial charge in [0.2, 0.25) is 5.91 Å². The first-order valence-electron chi connectivity index (χ1n) is 6.33. The number of hydrogen-bond donors (Lipinski definition) is 3. The molecule has 1 heterocycles. The molecule has 7 nitrogen and oxygen atoms in total. The van der Waals surface area contributed by atoms with Crippen LogP contribution in [0, 0.1) is 0 Å². The predicted octanol–water partition coefficient (Wildman–Crippen LogP) is 1.39. The Morgan fingerprint density at radius 3 is 2.76 bits per heavy atom. The number of benzene rings is 1. The third-order valence-corrected chi connectivity index (χ3v) is 3.36. The molecular formula is C13H14ClN3O4. The monoisotopic (exact) mass is 311 g/mol. The zero-order valence-electron chi connectivity index (χ0n) is 11.1. The largest absolute Gasteiger partial charge is 0.478 e.